The lowest BCUT2D eigenvalue weighted by Crippen LogP contribution is -2.31. The third-order valence-electron chi connectivity index (χ3n) is 4.35. The summed E-state index contributed by atoms with van der Waals surface area (Å²) in [7, 11) is 0. The summed E-state index contributed by atoms with van der Waals surface area (Å²) in [5, 5.41) is 2.89. The molecule has 0 aliphatic carbocycles. The van der Waals surface area contributed by atoms with E-state index in [2.05, 4.69) is 10.3 Å². The van der Waals surface area contributed by atoms with Gasteiger partial charge in [-0.3, -0.25) is 14.6 Å². The van der Waals surface area contributed by atoms with E-state index in [4.69, 9.17) is 0 Å². The highest BCUT2D eigenvalue weighted by molar-refractivity contribution is 6.08. The van der Waals surface area contributed by atoms with Crippen LogP contribution in [-0.2, 0) is 0 Å². The predicted octanol–water partition coefficient (Wildman–Crippen LogP) is 4.62. The zero-order valence-electron chi connectivity index (χ0n) is 16.3. The number of rotatable bonds is 5. The second-order valence-electron chi connectivity index (χ2n) is 6.65. The van der Waals surface area contributed by atoms with Gasteiger partial charge in [0.25, 0.3) is 11.8 Å². The van der Waals surface area contributed by atoms with E-state index >= 15 is 0 Å². The van der Waals surface area contributed by atoms with Crippen LogP contribution in [0.5, 0.6) is 0 Å². The summed E-state index contributed by atoms with van der Waals surface area (Å²) in [5.41, 5.74) is 4.29. The van der Waals surface area contributed by atoms with Gasteiger partial charge in [0.1, 0.15) is 5.69 Å². The molecule has 1 aromatic heterocycles. The average molecular weight is 373 g/mol. The quantitative estimate of drug-likeness (QED) is 0.710. The smallest absolute Gasteiger partial charge is 0.276 e. The van der Waals surface area contributed by atoms with Gasteiger partial charge in [-0.05, 0) is 68.3 Å². The molecule has 0 radical (unpaired) electrons. The Morgan fingerprint density at radius 2 is 1.64 bits per heavy atom. The highest BCUT2D eigenvalue weighted by atomic mass is 16.2. The molecule has 0 aliphatic heterocycles. The molecule has 3 rings (SSSR count). The number of aryl methyl sites for hydroxylation is 2. The Morgan fingerprint density at radius 3 is 2.29 bits per heavy atom. The Kier molecular flexibility index (Phi) is 5.84. The summed E-state index contributed by atoms with van der Waals surface area (Å²) < 4.78 is 0. The lowest BCUT2D eigenvalue weighted by Gasteiger charge is -2.20. The summed E-state index contributed by atoms with van der Waals surface area (Å²) in [6, 6.07) is 18.4. The first-order valence-corrected chi connectivity index (χ1v) is 9.20. The van der Waals surface area contributed by atoms with E-state index in [1.807, 2.05) is 69.3 Å². The van der Waals surface area contributed by atoms with Crippen molar-refractivity contribution in [2.45, 2.75) is 20.8 Å². The van der Waals surface area contributed by atoms with Crippen LogP contribution in [0.2, 0.25) is 0 Å². The maximum atomic E-state index is 12.9. The number of pyridine rings is 1. The minimum atomic E-state index is -0.274. The van der Waals surface area contributed by atoms with E-state index in [9.17, 15) is 9.59 Å². The second kappa shape index (κ2) is 8.48. The molecule has 5 heteroatoms. The van der Waals surface area contributed by atoms with Crippen LogP contribution in [0.4, 0.5) is 11.4 Å². The van der Waals surface area contributed by atoms with Gasteiger partial charge in [0.05, 0.1) is 0 Å². The van der Waals surface area contributed by atoms with Crippen molar-refractivity contribution in [3.05, 3.63) is 89.2 Å². The van der Waals surface area contributed by atoms with Gasteiger partial charge in [0.15, 0.2) is 0 Å². The van der Waals surface area contributed by atoms with Crippen LogP contribution >= 0.6 is 0 Å². The van der Waals surface area contributed by atoms with Gasteiger partial charge in [-0.25, -0.2) is 0 Å². The number of carbonyl (C=O) groups is 2. The molecule has 3 aromatic rings. The van der Waals surface area contributed by atoms with Crippen molar-refractivity contribution >= 4 is 23.2 Å². The molecule has 0 saturated heterocycles. The monoisotopic (exact) mass is 373 g/mol. The van der Waals surface area contributed by atoms with Gasteiger partial charge in [-0.1, -0.05) is 24.3 Å². The first-order chi connectivity index (χ1) is 13.5. The molecule has 0 bridgehead atoms. The summed E-state index contributed by atoms with van der Waals surface area (Å²) in [6.07, 6.45) is 1.49. The van der Waals surface area contributed by atoms with Gasteiger partial charge in [0, 0.05) is 29.7 Å². The van der Waals surface area contributed by atoms with Crippen LogP contribution in [0.3, 0.4) is 0 Å². The van der Waals surface area contributed by atoms with E-state index in [1.54, 1.807) is 11.0 Å². The van der Waals surface area contributed by atoms with Gasteiger partial charge in [-0.15, -0.1) is 0 Å². The van der Waals surface area contributed by atoms with Crippen molar-refractivity contribution < 1.29 is 9.59 Å². The molecule has 0 aliphatic rings. The fourth-order valence-corrected chi connectivity index (χ4v) is 3.13. The maximum Gasteiger partial charge on any atom is 0.276 e. The summed E-state index contributed by atoms with van der Waals surface area (Å²) in [4.78, 5) is 31.4. The molecule has 1 heterocycles. The Bertz CT molecular complexity index is 979. The molecule has 0 atom stereocenters. The lowest BCUT2D eigenvalue weighted by atomic mass is 10.1. The number of nitrogens with one attached hydrogen (secondary N) is 1. The number of nitrogens with zero attached hydrogens (tertiary/aromatic N) is 2. The topological polar surface area (TPSA) is 62.3 Å². The molecular formula is C23H23N3O2. The largest absolute Gasteiger partial charge is 0.322 e. The molecular weight excluding hydrogens is 350 g/mol. The predicted molar refractivity (Wildman–Crippen MR) is 112 cm³/mol. The summed E-state index contributed by atoms with van der Waals surface area (Å²) in [6.45, 7) is 6.37. The number of carbonyl (C=O) groups excluding carboxylic acids is 2. The van der Waals surface area contributed by atoms with Crippen LogP contribution in [-0.4, -0.2) is 23.3 Å². The molecule has 1 N–H and O–H groups in total. The molecule has 0 spiro atoms. The number of hydrogen-bond donors (Lipinski definition) is 1. The normalized spacial score (nSPS) is 10.4. The summed E-state index contributed by atoms with van der Waals surface area (Å²) in [5.74, 6) is -0.515. The molecule has 0 unspecified atom stereocenters. The highest BCUT2D eigenvalue weighted by Crippen LogP contribution is 2.18. The van der Waals surface area contributed by atoms with Gasteiger partial charge in [-0.2, -0.15) is 0 Å². The second-order valence-corrected chi connectivity index (χ2v) is 6.65. The van der Waals surface area contributed by atoms with Crippen molar-refractivity contribution in [3.8, 4) is 0 Å². The SMILES string of the molecule is CCN(C(=O)c1cc(C(=O)Nc2cc(C)cc(C)c2)ccn1)c1ccccc1. The Labute approximate surface area is 165 Å². The van der Waals surface area contributed by atoms with Crippen LogP contribution in [0.15, 0.2) is 66.9 Å². The van der Waals surface area contributed by atoms with Gasteiger partial charge in [0.2, 0.25) is 0 Å². The van der Waals surface area contributed by atoms with Crippen LogP contribution in [0, 0.1) is 13.8 Å². The van der Waals surface area contributed by atoms with Crippen molar-refractivity contribution in [1.82, 2.24) is 4.98 Å². The lowest BCUT2D eigenvalue weighted by molar-refractivity contribution is 0.0983. The Hall–Kier alpha value is -3.47. The number of aromatic nitrogens is 1. The molecule has 0 saturated carbocycles. The molecule has 5 nitrogen and oxygen atoms in total. The number of hydrogen-bond acceptors (Lipinski definition) is 3. The molecule has 0 fully saturated rings. The van der Waals surface area contributed by atoms with E-state index in [0.717, 1.165) is 22.5 Å². The Morgan fingerprint density at radius 1 is 0.964 bits per heavy atom. The van der Waals surface area contributed by atoms with E-state index < -0.39 is 0 Å². The highest BCUT2D eigenvalue weighted by Gasteiger charge is 2.19. The van der Waals surface area contributed by atoms with E-state index in [-0.39, 0.29) is 17.5 Å². The van der Waals surface area contributed by atoms with Gasteiger partial charge >= 0.3 is 0 Å². The first-order valence-electron chi connectivity index (χ1n) is 9.20. The number of benzene rings is 2. The number of para-hydroxylation sites is 1. The van der Waals surface area contributed by atoms with E-state index in [0.29, 0.717) is 12.1 Å². The fraction of sp³-hybridized carbons (Fsp3) is 0.174. The van der Waals surface area contributed by atoms with Crippen LogP contribution in [0.25, 0.3) is 0 Å². The molecule has 2 aromatic carbocycles. The molecule has 2 amide bonds. The first kappa shape index (κ1) is 19.3. The van der Waals surface area contributed by atoms with Crippen molar-refractivity contribution in [1.29, 1.82) is 0 Å². The minimum absolute atomic E-state index is 0.235. The number of amides is 2. The zero-order valence-corrected chi connectivity index (χ0v) is 16.3. The van der Waals surface area contributed by atoms with Crippen LogP contribution in [0.1, 0.15) is 38.9 Å². The third-order valence-corrected chi connectivity index (χ3v) is 4.35. The number of anilines is 2. The van der Waals surface area contributed by atoms with E-state index in [1.165, 1.54) is 12.3 Å². The summed E-state index contributed by atoms with van der Waals surface area (Å²) >= 11 is 0. The average Bonchev–Trinajstić information content (AvgIpc) is 2.68. The molecule has 28 heavy (non-hydrogen) atoms. The fourth-order valence-electron chi connectivity index (χ4n) is 3.13. The zero-order chi connectivity index (χ0) is 20.1. The van der Waals surface area contributed by atoms with Crippen molar-refractivity contribution in [2.75, 3.05) is 16.8 Å². The maximum absolute atomic E-state index is 12.9. The Balaban J connectivity index is 1.83. The van der Waals surface area contributed by atoms with Crippen molar-refractivity contribution in [3.63, 3.8) is 0 Å². The van der Waals surface area contributed by atoms with Crippen LogP contribution < -0.4 is 10.2 Å². The van der Waals surface area contributed by atoms with Gasteiger partial charge < -0.3 is 10.2 Å². The third kappa shape index (κ3) is 4.43. The standard InChI is InChI=1S/C23H23N3O2/c1-4-26(20-8-6-5-7-9-20)23(28)21-15-18(10-11-24-21)22(27)25-19-13-16(2)12-17(3)14-19/h5-15H,4H2,1-3H3,(H,25,27). The molecule has 142 valence electrons. The van der Waals surface area contributed by atoms with Crippen molar-refractivity contribution in [2.24, 2.45) is 0 Å². The minimum Gasteiger partial charge on any atom is -0.322 e.